The fourth-order valence-electron chi connectivity index (χ4n) is 5.34. The van der Waals surface area contributed by atoms with Gasteiger partial charge in [0, 0.05) is 12.8 Å². The summed E-state index contributed by atoms with van der Waals surface area (Å²) in [5.74, 6) is -0.628. The maximum absolute atomic E-state index is 12.2. The summed E-state index contributed by atoms with van der Waals surface area (Å²) in [6.07, 6.45) is 49.9. The summed E-state index contributed by atoms with van der Waals surface area (Å²) in [7, 11) is 0. The van der Waals surface area contributed by atoms with E-state index in [0.29, 0.717) is 12.8 Å². The van der Waals surface area contributed by atoms with E-state index >= 15 is 0 Å². The van der Waals surface area contributed by atoms with Gasteiger partial charge in [0.1, 0.15) is 6.61 Å². The third-order valence-electron chi connectivity index (χ3n) is 8.33. The molecule has 0 aromatic carbocycles. The minimum atomic E-state index is -0.788. The molecule has 0 bridgehead atoms. The van der Waals surface area contributed by atoms with Crippen LogP contribution >= 0.6 is 0 Å². The largest absolute Gasteiger partial charge is 0.462 e. The molecule has 1 unspecified atom stereocenters. The van der Waals surface area contributed by atoms with Gasteiger partial charge in [0.05, 0.1) is 6.61 Å². The van der Waals surface area contributed by atoms with Crippen molar-refractivity contribution in [2.24, 2.45) is 0 Å². The zero-order chi connectivity index (χ0) is 35.0. The Labute approximate surface area is 296 Å². The van der Waals surface area contributed by atoms with E-state index < -0.39 is 6.10 Å². The van der Waals surface area contributed by atoms with Crippen LogP contribution in [0.25, 0.3) is 0 Å². The van der Waals surface area contributed by atoms with Crippen molar-refractivity contribution in [3.8, 4) is 0 Å². The summed E-state index contributed by atoms with van der Waals surface area (Å²) in [6, 6.07) is 0. The number of esters is 2. The number of aliphatic hydroxyl groups excluding tert-OH is 1. The van der Waals surface area contributed by atoms with Gasteiger partial charge in [-0.15, -0.1) is 0 Å². The summed E-state index contributed by atoms with van der Waals surface area (Å²) in [5, 5.41) is 9.55. The Morgan fingerprint density at radius 3 is 1.35 bits per heavy atom. The highest BCUT2D eigenvalue weighted by atomic mass is 16.6. The van der Waals surface area contributed by atoms with E-state index in [2.05, 4.69) is 74.6 Å². The van der Waals surface area contributed by atoms with Gasteiger partial charge in [0.15, 0.2) is 6.10 Å². The standard InChI is InChI=1S/C43H74O5/c1-3-5-7-9-11-13-15-17-19-20-21-22-24-26-28-30-32-34-36-38-43(46)48-41(39-44)40-47-42(45)37-35-33-31-29-27-25-23-18-16-14-12-10-8-6-4-2/h5,7,11,13,17,19,21-22,26,28,41,44H,3-4,6,8-10,12,14-16,18,20,23-25,27,29-40H2,1-2H3/b7-5-,13-11-,19-17-,22-21-,28-26-. The molecule has 48 heavy (non-hydrogen) atoms. The molecule has 0 aliphatic rings. The quantitative estimate of drug-likeness (QED) is 0.0413. The molecule has 0 amide bonds. The van der Waals surface area contributed by atoms with Crippen molar-refractivity contribution in [3.05, 3.63) is 60.8 Å². The number of aliphatic hydroxyl groups is 1. The highest BCUT2D eigenvalue weighted by Crippen LogP contribution is 2.14. The molecule has 0 aromatic rings. The maximum Gasteiger partial charge on any atom is 0.306 e. The normalized spacial score (nSPS) is 12.8. The lowest BCUT2D eigenvalue weighted by atomic mass is 10.0. The van der Waals surface area contributed by atoms with Crippen molar-refractivity contribution in [1.29, 1.82) is 0 Å². The summed E-state index contributed by atoms with van der Waals surface area (Å²) >= 11 is 0. The van der Waals surface area contributed by atoms with Crippen LogP contribution in [0, 0.1) is 0 Å². The first-order valence-electron chi connectivity index (χ1n) is 19.8. The lowest BCUT2D eigenvalue weighted by Crippen LogP contribution is -2.28. The fourth-order valence-corrected chi connectivity index (χ4v) is 5.34. The lowest BCUT2D eigenvalue weighted by Gasteiger charge is -2.15. The van der Waals surface area contributed by atoms with E-state index in [9.17, 15) is 14.7 Å². The Balaban J connectivity index is 3.64. The average Bonchev–Trinajstić information content (AvgIpc) is 3.09. The van der Waals surface area contributed by atoms with Crippen LogP contribution < -0.4 is 0 Å². The van der Waals surface area contributed by atoms with Gasteiger partial charge in [-0.1, -0.05) is 171 Å². The zero-order valence-corrected chi connectivity index (χ0v) is 31.2. The Bertz CT molecular complexity index is 853. The summed E-state index contributed by atoms with van der Waals surface area (Å²) < 4.78 is 10.6. The summed E-state index contributed by atoms with van der Waals surface area (Å²) in [4.78, 5) is 24.2. The predicted octanol–water partition coefficient (Wildman–Crippen LogP) is 12.4. The topological polar surface area (TPSA) is 72.8 Å². The van der Waals surface area contributed by atoms with E-state index in [0.717, 1.165) is 77.0 Å². The molecule has 1 N–H and O–H groups in total. The van der Waals surface area contributed by atoms with Crippen LogP contribution in [0.1, 0.15) is 181 Å². The number of carbonyl (C=O) groups is 2. The molecule has 0 aliphatic carbocycles. The van der Waals surface area contributed by atoms with E-state index in [-0.39, 0.29) is 25.2 Å². The highest BCUT2D eigenvalue weighted by molar-refractivity contribution is 5.70. The fraction of sp³-hybridized carbons (Fsp3) is 0.721. The summed E-state index contributed by atoms with van der Waals surface area (Å²) in [6.45, 7) is 3.99. The average molecular weight is 671 g/mol. The van der Waals surface area contributed by atoms with Gasteiger partial charge in [-0.05, 0) is 57.8 Å². The van der Waals surface area contributed by atoms with Gasteiger partial charge >= 0.3 is 11.9 Å². The highest BCUT2D eigenvalue weighted by Gasteiger charge is 2.16. The molecule has 1 atom stereocenters. The molecular weight excluding hydrogens is 596 g/mol. The van der Waals surface area contributed by atoms with Crippen LogP contribution in [0.3, 0.4) is 0 Å². The van der Waals surface area contributed by atoms with Gasteiger partial charge in [-0.25, -0.2) is 0 Å². The smallest absolute Gasteiger partial charge is 0.306 e. The Kier molecular flexibility index (Phi) is 37.1. The molecule has 276 valence electrons. The second-order valence-corrected chi connectivity index (χ2v) is 13.0. The Morgan fingerprint density at radius 2 is 0.896 bits per heavy atom. The molecular formula is C43H74O5. The third kappa shape index (κ3) is 36.4. The SMILES string of the molecule is CC/C=C\C/C=C\C/C=C\C/C=C\C/C=C\CCCCCC(=O)OC(CO)COC(=O)CCCCCCCCCCCCCCCCC. The number of hydrogen-bond donors (Lipinski definition) is 1. The molecule has 5 heteroatoms. The maximum atomic E-state index is 12.2. The van der Waals surface area contributed by atoms with Crippen molar-refractivity contribution >= 4 is 11.9 Å². The second kappa shape index (κ2) is 39.0. The molecule has 0 aliphatic heterocycles. The number of unbranched alkanes of at least 4 members (excludes halogenated alkanes) is 17. The first-order chi connectivity index (χ1) is 23.6. The van der Waals surface area contributed by atoms with Gasteiger partial charge in [-0.3, -0.25) is 9.59 Å². The van der Waals surface area contributed by atoms with Crippen LogP contribution in [0.15, 0.2) is 60.8 Å². The van der Waals surface area contributed by atoms with Gasteiger partial charge in [0.2, 0.25) is 0 Å². The molecule has 0 spiro atoms. The Hall–Kier alpha value is -2.40. The van der Waals surface area contributed by atoms with Crippen molar-refractivity contribution in [2.75, 3.05) is 13.2 Å². The van der Waals surface area contributed by atoms with Crippen molar-refractivity contribution in [3.63, 3.8) is 0 Å². The van der Waals surface area contributed by atoms with Gasteiger partial charge < -0.3 is 14.6 Å². The van der Waals surface area contributed by atoms with Crippen molar-refractivity contribution in [2.45, 2.75) is 187 Å². The molecule has 0 fully saturated rings. The number of allylic oxidation sites excluding steroid dienone is 10. The van der Waals surface area contributed by atoms with Crippen molar-refractivity contribution < 1.29 is 24.2 Å². The van der Waals surface area contributed by atoms with Crippen LogP contribution in [-0.4, -0.2) is 36.4 Å². The molecule has 5 nitrogen and oxygen atoms in total. The van der Waals surface area contributed by atoms with E-state index in [1.165, 1.54) is 77.0 Å². The number of ether oxygens (including phenoxy) is 2. The summed E-state index contributed by atoms with van der Waals surface area (Å²) in [5.41, 5.74) is 0. The number of rotatable bonds is 35. The third-order valence-corrected chi connectivity index (χ3v) is 8.33. The molecule has 0 heterocycles. The second-order valence-electron chi connectivity index (χ2n) is 13.0. The number of carbonyl (C=O) groups excluding carboxylic acids is 2. The van der Waals surface area contributed by atoms with E-state index in [1.54, 1.807) is 0 Å². The zero-order valence-electron chi connectivity index (χ0n) is 31.2. The molecule has 0 aromatic heterocycles. The van der Waals surface area contributed by atoms with Crippen LogP contribution in [0.2, 0.25) is 0 Å². The minimum absolute atomic E-state index is 0.0795. The number of hydrogen-bond acceptors (Lipinski definition) is 5. The molecule has 0 saturated heterocycles. The molecule has 0 rings (SSSR count). The van der Waals surface area contributed by atoms with Crippen LogP contribution in [-0.2, 0) is 19.1 Å². The minimum Gasteiger partial charge on any atom is -0.462 e. The van der Waals surface area contributed by atoms with Crippen LogP contribution in [0.4, 0.5) is 0 Å². The molecule has 0 radical (unpaired) electrons. The lowest BCUT2D eigenvalue weighted by molar-refractivity contribution is -0.161. The predicted molar refractivity (Wildman–Crippen MR) is 205 cm³/mol. The monoisotopic (exact) mass is 671 g/mol. The van der Waals surface area contributed by atoms with E-state index in [1.807, 2.05) is 0 Å². The van der Waals surface area contributed by atoms with Gasteiger partial charge in [0.25, 0.3) is 0 Å². The van der Waals surface area contributed by atoms with Crippen molar-refractivity contribution in [1.82, 2.24) is 0 Å². The first-order valence-corrected chi connectivity index (χ1v) is 19.8. The van der Waals surface area contributed by atoms with E-state index in [4.69, 9.17) is 9.47 Å². The Morgan fingerprint density at radius 1 is 0.500 bits per heavy atom. The van der Waals surface area contributed by atoms with Crippen LogP contribution in [0.5, 0.6) is 0 Å². The molecule has 0 saturated carbocycles. The van der Waals surface area contributed by atoms with Gasteiger partial charge in [-0.2, -0.15) is 0 Å². The first kappa shape index (κ1) is 45.6.